The largest absolute Gasteiger partial charge is 0.496 e. The second kappa shape index (κ2) is 13.1. The SMILES string of the molecule is COc1ccc(C(C)(C)C)cc1CN[C@H]1[C@H](C(C)(C)C)[C@@H](C(=O)O)N(C(=O)[C@@H]2COc3ccccc3O2)[C@H]1c1cccnc1N(C)C. The zero-order valence-electron chi connectivity index (χ0n) is 28.9. The van der Waals surface area contributed by atoms with E-state index in [0.717, 1.165) is 22.4 Å². The number of methoxy groups -OCH3 is 1. The molecule has 5 rings (SSSR count). The van der Waals surface area contributed by atoms with E-state index in [1.165, 1.54) is 4.90 Å². The van der Waals surface area contributed by atoms with E-state index in [1.807, 2.05) is 70.1 Å². The number of hydrogen-bond donors (Lipinski definition) is 2. The molecule has 0 aliphatic carbocycles. The van der Waals surface area contributed by atoms with Crippen molar-refractivity contribution in [3.63, 3.8) is 0 Å². The number of carbonyl (C=O) groups excluding carboxylic acids is 1. The Hall–Kier alpha value is -4.31. The van der Waals surface area contributed by atoms with Crippen molar-refractivity contribution in [1.29, 1.82) is 0 Å². The molecule has 1 saturated heterocycles. The molecule has 10 nitrogen and oxygen atoms in total. The maximum Gasteiger partial charge on any atom is 0.326 e. The van der Waals surface area contributed by atoms with Crippen LogP contribution in [0.5, 0.6) is 17.2 Å². The predicted octanol–water partition coefficient (Wildman–Crippen LogP) is 5.45. The summed E-state index contributed by atoms with van der Waals surface area (Å²) in [5.41, 5.74) is 2.24. The highest BCUT2D eigenvalue weighted by Gasteiger charge is 2.59. The number of ether oxygens (including phenoxy) is 3. The zero-order valence-corrected chi connectivity index (χ0v) is 28.9. The number of nitrogens with zero attached hydrogens (tertiary/aromatic N) is 3. The highest BCUT2D eigenvalue weighted by Crippen LogP contribution is 2.50. The van der Waals surface area contributed by atoms with Gasteiger partial charge in [-0.25, -0.2) is 9.78 Å². The van der Waals surface area contributed by atoms with Gasteiger partial charge < -0.3 is 34.4 Å². The van der Waals surface area contributed by atoms with Crippen molar-refractivity contribution in [3.05, 3.63) is 77.5 Å². The monoisotopic (exact) mass is 644 g/mol. The number of likely N-dealkylation sites (tertiary alicyclic amines) is 1. The Morgan fingerprint density at radius 2 is 1.74 bits per heavy atom. The number of benzene rings is 2. The summed E-state index contributed by atoms with van der Waals surface area (Å²) in [4.78, 5) is 36.2. The van der Waals surface area contributed by atoms with Crippen molar-refractivity contribution in [2.75, 3.05) is 32.7 Å². The van der Waals surface area contributed by atoms with E-state index < -0.39 is 47.4 Å². The molecule has 2 aromatic carbocycles. The Bertz CT molecular complexity index is 1610. The second-order valence-electron chi connectivity index (χ2n) is 14.7. The number of pyridine rings is 1. The number of carboxylic acid groups (broad SMARTS) is 1. The average Bonchev–Trinajstić information content (AvgIpc) is 3.38. The molecule has 47 heavy (non-hydrogen) atoms. The number of carboxylic acids is 1. The van der Waals surface area contributed by atoms with Gasteiger partial charge in [-0.1, -0.05) is 71.9 Å². The van der Waals surface area contributed by atoms with Crippen molar-refractivity contribution in [2.24, 2.45) is 11.3 Å². The van der Waals surface area contributed by atoms with Crippen molar-refractivity contribution in [1.82, 2.24) is 15.2 Å². The molecule has 0 unspecified atom stereocenters. The van der Waals surface area contributed by atoms with Crippen LogP contribution in [0.1, 0.15) is 64.3 Å². The van der Waals surface area contributed by atoms with Crippen LogP contribution in [0.4, 0.5) is 5.82 Å². The number of rotatable bonds is 8. The maximum atomic E-state index is 14.7. The molecule has 252 valence electrons. The fourth-order valence-electron chi connectivity index (χ4n) is 6.99. The van der Waals surface area contributed by atoms with Crippen LogP contribution in [-0.4, -0.2) is 72.9 Å². The molecular weight excluding hydrogens is 596 g/mol. The minimum atomic E-state index is -1.16. The topological polar surface area (TPSA) is 113 Å². The standard InChI is InChI=1S/C37H48N4O6/c1-36(2,3)23-16-17-25(45-9)22(19-23)20-39-30-29(37(4,5)6)32(35(43)44)41(31(30)24-13-12-18-38-33(24)40(7)8)34(42)28-21-46-26-14-10-11-15-27(26)47-28/h10-19,28-32,39H,20-21H2,1-9H3,(H,43,44)/t28-,29-,30-,31-,32-/m0/s1. The fourth-order valence-corrected chi connectivity index (χ4v) is 6.99. The third-order valence-electron chi connectivity index (χ3n) is 9.19. The maximum absolute atomic E-state index is 14.7. The van der Waals surface area contributed by atoms with E-state index in [-0.39, 0.29) is 12.0 Å². The summed E-state index contributed by atoms with van der Waals surface area (Å²) in [5.74, 6) is 0.352. The molecule has 0 saturated carbocycles. The normalized spacial score (nSPS) is 22.6. The number of aromatic nitrogens is 1. The van der Waals surface area contributed by atoms with E-state index in [9.17, 15) is 14.7 Å². The first kappa shape index (κ1) is 34.0. The van der Waals surface area contributed by atoms with Crippen molar-refractivity contribution >= 4 is 17.7 Å². The van der Waals surface area contributed by atoms with Crippen molar-refractivity contribution < 1.29 is 28.9 Å². The molecule has 1 aromatic heterocycles. The van der Waals surface area contributed by atoms with Crippen LogP contribution in [0.3, 0.4) is 0 Å². The van der Waals surface area contributed by atoms with Gasteiger partial charge in [-0.05, 0) is 40.7 Å². The van der Waals surface area contributed by atoms with Crippen LogP contribution in [0, 0.1) is 11.3 Å². The van der Waals surface area contributed by atoms with Gasteiger partial charge >= 0.3 is 5.97 Å². The summed E-state index contributed by atoms with van der Waals surface area (Å²) in [7, 11) is 5.43. The summed E-state index contributed by atoms with van der Waals surface area (Å²) in [5, 5.41) is 14.7. The van der Waals surface area contributed by atoms with Crippen LogP contribution in [-0.2, 0) is 21.5 Å². The molecule has 5 atom stereocenters. The van der Waals surface area contributed by atoms with Crippen LogP contribution in [0.25, 0.3) is 0 Å². The van der Waals surface area contributed by atoms with Crippen LogP contribution in [0.2, 0.25) is 0 Å². The first-order valence-corrected chi connectivity index (χ1v) is 16.1. The average molecular weight is 645 g/mol. The molecule has 2 aliphatic rings. The first-order chi connectivity index (χ1) is 22.1. The lowest BCUT2D eigenvalue weighted by Gasteiger charge is -2.36. The van der Waals surface area contributed by atoms with E-state index in [0.29, 0.717) is 23.9 Å². The number of hydrogen-bond acceptors (Lipinski definition) is 8. The molecule has 1 fully saturated rings. The Labute approximate surface area is 278 Å². The molecule has 2 aliphatic heterocycles. The summed E-state index contributed by atoms with van der Waals surface area (Å²) < 4.78 is 17.9. The molecule has 0 spiro atoms. The number of nitrogens with one attached hydrogen (secondary N) is 1. The summed E-state index contributed by atoms with van der Waals surface area (Å²) in [6, 6.07) is 14.8. The van der Waals surface area contributed by atoms with Gasteiger partial charge in [0.25, 0.3) is 5.91 Å². The Kier molecular flexibility index (Phi) is 9.46. The van der Waals surface area contributed by atoms with Gasteiger partial charge in [-0.15, -0.1) is 0 Å². The smallest absolute Gasteiger partial charge is 0.326 e. The number of para-hydroxylation sites is 2. The third kappa shape index (κ3) is 6.74. The molecule has 3 heterocycles. The third-order valence-corrected chi connectivity index (χ3v) is 9.19. The zero-order chi connectivity index (χ0) is 34.3. The van der Waals surface area contributed by atoms with E-state index in [2.05, 4.69) is 43.2 Å². The Balaban J connectivity index is 1.65. The van der Waals surface area contributed by atoms with Gasteiger partial charge in [-0.3, -0.25) is 4.79 Å². The lowest BCUT2D eigenvalue weighted by molar-refractivity contribution is -0.156. The van der Waals surface area contributed by atoms with Gasteiger partial charge in [0.05, 0.1) is 13.2 Å². The molecule has 10 heteroatoms. The number of aliphatic carboxylic acids is 1. The molecular formula is C37H48N4O6. The summed E-state index contributed by atoms with van der Waals surface area (Å²) in [6.07, 6.45) is 0.674. The summed E-state index contributed by atoms with van der Waals surface area (Å²) in [6.45, 7) is 12.9. The summed E-state index contributed by atoms with van der Waals surface area (Å²) >= 11 is 0. The number of carbonyl (C=O) groups is 2. The second-order valence-corrected chi connectivity index (χ2v) is 14.7. The Morgan fingerprint density at radius 1 is 1.04 bits per heavy atom. The predicted molar refractivity (Wildman–Crippen MR) is 181 cm³/mol. The van der Waals surface area contributed by atoms with Crippen LogP contribution < -0.4 is 24.4 Å². The molecule has 0 radical (unpaired) electrons. The van der Waals surface area contributed by atoms with E-state index >= 15 is 0 Å². The van der Waals surface area contributed by atoms with Gasteiger partial charge in [0.1, 0.15) is 24.2 Å². The van der Waals surface area contributed by atoms with Crippen molar-refractivity contribution in [2.45, 2.75) is 77.7 Å². The van der Waals surface area contributed by atoms with Gasteiger partial charge in [-0.2, -0.15) is 0 Å². The van der Waals surface area contributed by atoms with Gasteiger partial charge in [0.2, 0.25) is 6.10 Å². The minimum absolute atomic E-state index is 0.0337. The lowest BCUT2D eigenvalue weighted by Crippen LogP contribution is -2.53. The van der Waals surface area contributed by atoms with Crippen molar-refractivity contribution in [3.8, 4) is 17.2 Å². The molecule has 3 aromatic rings. The van der Waals surface area contributed by atoms with Crippen LogP contribution in [0.15, 0.2) is 60.8 Å². The molecule has 0 bridgehead atoms. The van der Waals surface area contributed by atoms with Gasteiger partial charge in [0, 0.05) is 49.9 Å². The highest BCUT2D eigenvalue weighted by atomic mass is 16.6. The Morgan fingerprint density at radius 3 is 2.36 bits per heavy atom. The fraction of sp³-hybridized carbons (Fsp3) is 0.486. The molecule has 2 N–H and O–H groups in total. The van der Waals surface area contributed by atoms with Gasteiger partial charge in [0.15, 0.2) is 11.5 Å². The quantitative estimate of drug-likeness (QED) is 0.331. The minimum Gasteiger partial charge on any atom is -0.496 e. The number of anilines is 1. The van der Waals surface area contributed by atoms with E-state index in [4.69, 9.17) is 14.2 Å². The number of amides is 1. The highest BCUT2D eigenvalue weighted by molar-refractivity contribution is 5.89. The van der Waals surface area contributed by atoms with E-state index in [1.54, 1.807) is 25.4 Å². The van der Waals surface area contributed by atoms with Crippen LogP contribution >= 0.6 is 0 Å². The first-order valence-electron chi connectivity index (χ1n) is 16.1. The number of fused-ring (bicyclic) bond motifs is 1. The molecule has 1 amide bonds. The lowest BCUT2D eigenvalue weighted by atomic mass is 9.72.